The van der Waals surface area contributed by atoms with Crippen molar-refractivity contribution >= 4 is 11.4 Å². The van der Waals surface area contributed by atoms with Crippen molar-refractivity contribution in [1.29, 1.82) is 0 Å². The maximum atomic E-state index is 12.8. The van der Waals surface area contributed by atoms with Crippen molar-refractivity contribution in [3.05, 3.63) is 34.6 Å². The van der Waals surface area contributed by atoms with Gasteiger partial charge in [-0.3, -0.25) is 4.79 Å². The van der Waals surface area contributed by atoms with E-state index < -0.39 is 0 Å². The third-order valence-corrected chi connectivity index (χ3v) is 6.02. The maximum absolute atomic E-state index is 12.8. The summed E-state index contributed by atoms with van der Waals surface area (Å²) in [5.41, 5.74) is 4.50. The molecule has 0 radical (unpaired) electrons. The Bertz CT molecular complexity index is 870. The standard InChI is InChI=1S/C21H25NO5/c1-22-12-7-6-10-8-14(25-3)20(26-4)21(27-5)15(10)16-11-9-13(24-2)19(23)17(11)18(12)16/h8-9,11-12,17,22H,6-7H2,1-5H3. The monoisotopic (exact) mass is 371 g/mol. The van der Waals surface area contributed by atoms with Gasteiger partial charge in [0, 0.05) is 17.5 Å². The quantitative estimate of drug-likeness (QED) is 0.857. The molecule has 6 nitrogen and oxygen atoms in total. The highest BCUT2D eigenvalue weighted by Crippen LogP contribution is 2.59. The number of aryl methyl sites for hydroxylation is 1. The van der Waals surface area contributed by atoms with Gasteiger partial charge in [-0.1, -0.05) is 0 Å². The molecule has 0 spiro atoms. The predicted molar refractivity (Wildman–Crippen MR) is 101 cm³/mol. The first-order chi connectivity index (χ1) is 13.1. The lowest BCUT2D eigenvalue weighted by Gasteiger charge is -2.40. The molecule has 0 aliphatic heterocycles. The molecule has 0 fully saturated rings. The number of hydrogen-bond acceptors (Lipinski definition) is 6. The van der Waals surface area contributed by atoms with Crippen molar-refractivity contribution in [2.24, 2.45) is 11.8 Å². The zero-order valence-electron chi connectivity index (χ0n) is 16.3. The Labute approximate surface area is 159 Å². The minimum absolute atomic E-state index is 0.0159. The Hall–Kier alpha value is -2.47. The molecule has 27 heavy (non-hydrogen) atoms. The van der Waals surface area contributed by atoms with Gasteiger partial charge in [0.15, 0.2) is 17.3 Å². The highest BCUT2D eigenvalue weighted by Gasteiger charge is 2.53. The molecule has 0 bridgehead atoms. The van der Waals surface area contributed by atoms with Gasteiger partial charge in [0.2, 0.25) is 11.5 Å². The number of nitrogens with one attached hydrogen (secondary N) is 1. The lowest BCUT2D eigenvalue weighted by molar-refractivity contribution is -0.120. The van der Waals surface area contributed by atoms with E-state index in [2.05, 4.69) is 5.32 Å². The number of hydrogen-bond donors (Lipinski definition) is 1. The molecular formula is C21H25NO5. The van der Waals surface area contributed by atoms with Crippen molar-refractivity contribution in [3.63, 3.8) is 0 Å². The molecule has 4 rings (SSSR count). The molecule has 0 saturated heterocycles. The Morgan fingerprint density at radius 3 is 2.37 bits per heavy atom. The number of likely N-dealkylation sites (N-methyl/N-ethyl adjacent to an activating group) is 1. The topological polar surface area (TPSA) is 66.0 Å². The highest BCUT2D eigenvalue weighted by molar-refractivity contribution is 6.08. The minimum Gasteiger partial charge on any atom is -0.493 e. The molecule has 0 saturated carbocycles. The molecule has 6 heteroatoms. The molecule has 0 aromatic heterocycles. The van der Waals surface area contributed by atoms with Gasteiger partial charge in [-0.15, -0.1) is 0 Å². The third-order valence-electron chi connectivity index (χ3n) is 6.02. The zero-order chi connectivity index (χ0) is 19.3. The Morgan fingerprint density at radius 1 is 1.04 bits per heavy atom. The number of ketones is 1. The summed E-state index contributed by atoms with van der Waals surface area (Å²) in [5, 5.41) is 3.39. The largest absolute Gasteiger partial charge is 0.493 e. The second-order valence-electron chi connectivity index (χ2n) is 7.03. The van der Waals surface area contributed by atoms with Crippen molar-refractivity contribution in [3.8, 4) is 17.2 Å². The van der Waals surface area contributed by atoms with Crippen molar-refractivity contribution in [1.82, 2.24) is 5.32 Å². The van der Waals surface area contributed by atoms with Gasteiger partial charge in [0.25, 0.3) is 0 Å². The zero-order valence-corrected chi connectivity index (χ0v) is 16.3. The van der Waals surface area contributed by atoms with E-state index in [4.69, 9.17) is 18.9 Å². The first-order valence-electron chi connectivity index (χ1n) is 9.14. The number of carbonyl (C=O) groups is 1. The van der Waals surface area contributed by atoms with Crippen LogP contribution in [0.4, 0.5) is 0 Å². The number of benzene rings is 1. The highest BCUT2D eigenvalue weighted by atomic mass is 16.5. The predicted octanol–water partition coefficient (Wildman–Crippen LogP) is 2.36. The van der Waals surface area contributed by atoms with E-state index in [9.17, 15) is 4.79 Å². The van der Waals surface area contributed by atoms with Crippen LogP contribution in [-0.2, 0) is 16.0 Å². The van der Waals surface area contributed by atoms with Crippen LogP contribution in [0.2, 0.25) is 0 Å². The van der Waals surface area contributed by atoms with E-state index in [0.29, 0.717) is 23.0 Å². The number of Topliss-reactive ketones (excluding diaryl/α,β-unsaturated/α-hetero) is 1. The van der Waals surface area contributed by atoms with Gasteiger partial charge in [-0.05, 0) is 48.7 Å². The summed E-state index contributed by atoms with van der Waals surface area (Å²) in [4.78, 5) is 12.8. The molecule has 1 aromatic carbocycles. The van der Waals surface area contributed by atoms with Crippen molar-refractivity contribution < 1.29 is 23.7 Å². The fraction of sp³-hybridized carbons (Fsp3) is 0.476. The first kappa shape index (κ1) is 17.9. The van der Waals surface area contributed by atoms with Gasteiger partial charge >= 0.3 is 0 Å². The SMILES string of the molecule is CNC1CCc2cc(OC)c(OC)c(OC)c2C2=C1C1C(=O)C(OC)=CC21. The van der Waals surface area contributed by atoms with Crippen LogP contribution in [0.1, 0.15) is 17.5 Å². The average molecular weight is 371 g/mol. The van der Waals surface area contributed by atoms with Gasteiger partial charge in [0.05, 0.1) is 34.4 Å². The normalized spacial score (nSPS) is 25.6. The summed E-state index contributed by atoms with van der Waals surface area (Å²) in [7, 11) is 8.38. The molecule has 3 unspecified atom stereocenters. The Kier molecular flexibility index (Phi) is 4.38. The van der Waals surface area contributed by atoms with E-state index in [1.54, 1.807) is 28.4 Å². The van der Waals surface area contributed by atoms with Gasteiger partial charge < -0.3 is 24.3 Å². The summed E-state index contributed by atoms with van der Waals surface area (Å²) in [6, 6.07) is 2.17. The number of ether oxygens (including phenoxy) is 4. The molecule has 0 amide bonds. The number of carbonyl (C=O) groups excluding carboxylic acids is 1. The molecule has 3 atom stereocenters. The molecule has 1 N–H and O–H groups in total. The summed E-state index contributed by atoms with van der Waals surface area (Å²) >= 11 is 0. The van der Waals surface area contributed by atoms with Gasteiger partial charge in [0.1, 0.15) is 0 Å². The van der Waals surface area contributed by atoms with Crippen molar-refractivity contribution in [2.75, 3.05) is 35.5 Å². The second-order valence-corrected chi connectivity index (χ2v) is 7.03. The van der Waals surface area contributed by atoms with Crippen LogP contribution in [0.5, 0.6) is 17.2 Å². The molecular weight excluding hydrogens is 346 g/mol. The van der Waals surface area contributed by atoms with Crippen LogP contribution in [-0.4, -0.2) is 47.3 Å². The smallest absolute Gasteiger partial charge is 0.205 e. The van der Waals surface area contributed by atoms with E-state index in [-0.39, 0.29) is 23.7 Å². The second kappa shape index (κ2) is 6.60. The average Bonchev–Trinajstić information content (AvgIpc) is 2.87. The van der Waals surface area contributed by atoms with Crippen LogP contribution in [0.15, 0.2) is 23.5 Å². The molecule has 3 aliphatic rings. The number of fused-ring (bicyclic) bond motifs is 5. The third kappa shape index (κ3) is 2.32. The van der Waals surface area contributed by atoms with Gasteiger partial charge in [-0.25, -0.2) is 0 Å². The maximum Gasteiger partial charge on any atom is 0.205 e. The van der Waals surface area contributed by atoms with Crippen LogP contribution < -0.4 is 19.5 Å². The Morgan fingerprint density at radius 2 is 1.78 bits per heavy atom. The summed E-state index contributed by atoms with van der Waals surface area (Å²) in [5.74, 6) is 2.31. The summed E-state index contributed by atoms with van der Waals surface area (Å²) in [6.07, 6.45) is 3.71. The van der Waals surface area contributed by atoms with Crippen LogP contribution in [0, 0.1) is 11.8 Å². The van der Waals surface area contributed by atoms with Crippen molar-refractivity contribution in [2.45, 2.75) is 18.9 Å². The van der Waals surface area contributed by atoms with E-state index in [0.717, 1.165) is 35.1 Å². The van der Waals surface area contributed by atoms with Crippen LogP contribution in [0.25, 0.3) is 5.57 Å². The fourth-order valence-corrected chi connectivity index (χ4v) is 4.84. The summed E-state index contributed by atoms with van der Waals surface area (Å²) in [6.45, 7) is 0. The first-order valence-corrected chi connectivity index (χ1v) is 9.14. The van der Waals surface area contributed by atoms with E-state index >= 15 is 0 Å². The van der Waals surface area contributed by atoms with E-state index in [1.807, 2.05) is 19.2 Å². The summed E-state index contributed by atoms with van der Waals surface area (Å²) < 4.78 is 22.3. The number of rotatable bonds is 5. The molecule has 0 heterocycles. The lowest BCUT2D eigenvalue weighted by Crippen LogP contribution is -2.41. The Balaban J connectivity index is 1.97. The minimum atomic E-state index is -0.142. The fourth-order valence-electron chi connectivity index (χ4n) is 4.84. The van der Waals surface area contributed by atoms with Crippen LogP contribution >= 0.6 is 0 Å². The van der Waals surface area contributed by atoms with Gasteiger partial charge in [-0.2, -0.15) is 0 Å². The van der Waals surface area contributed by atoms with Crippen LogP contribution in [0.3, 0.4) is 0 Å². The van der Waals surface area contributed by atoms with E-state index in [1.165, 1.54) is 0 Å². The molecule has 3 aliphatic carbocycles. The number of allylic oxidation sites excluding steroid dienone is 3. The molecule has 1 aromatic rings. The molecule has 144 valence electrons. The lowest BCUT2D eigenvalue weighted by atomic mass is 9.64. The number of methoxy groups -OCH3 is 4.